The van der Waals surface area contributed by atoms with Crippen molar-refractivity contribution in [1.82, 2.24) is 4.90 Å². The first-order valence-corrected chi connectivity index (χ1v) is 11.1. The second-order valence-corrected chi connectivity index (χ2v) is 8.86. The Morgan fingerprint density at radius 1 is 1.19 bits per heavy atom. The van der Waals surface area contributed by atoms with Gasteiger partial charge in [-0.3, -0.25) is 4.90 Å². The van der Waals surface area contributed by atoms with E-state index in [9.17, 15) is 9.90 Å². The molecule has 0 saturated heterocycles. The molecule has 0 radical (unpaired) electrons. The van der Waals surface area contributed by atoms with Crippen molar-refractivity contribution in [3.63, 3.8) is 0 Å². The highest BCUT2D eigenvalue weighted by molar-refractivity contribution is 5.96. The first-order valence-electron chi connectivity index (χ1n) is 11.1. The number of aryl methyl sites for hydroxylation is 1. The van der Waals surface area contributed by atoms with E-state index in [-0.39, 0.29) is 18.8 Å². The zero-order chi connectivity index (χ0) is 21.9. The van der Waals surface area contributed by atoms with Crippen molar-refractivity contribution in [2.45, 2.75) is 58.8 Å². The summed E-state index contributed by atoms with van der Waals surface area (Å²) < 4.78 is 17.5. The van der Waals surface area contributed by atoms with Gasteiger partial charge in [0.2, 0.25) is 6.79 Å². The highest BCUT2D eigenvalue weighted by Crippen LogP contribution is 2.51. The van der Waals surface area contributed by atoms with Crippen LogP contribution in [0.3, 0.4) is 0 Å². The average Bonchev–Trinajstić information content (AvgIpc) is 3.35. The minimum absolute atomic E-state index is 0.188. The minimum atomic E-state index is -0.435. The molecule has 3 atom stereocenters. The summed E-state index contributed by atoms with van der Waals surface area (Å²) in [5.41, 5.74) is 7.02. The van der Waals surface area contributed by atoms with E-state index in [4.69, 9.17) is 14.2 Å². The fraction of sp³-hybridized carbons (Fsp3) is 0.480. The van der Waals surface area contributed by atoms with Crippen molar-refractivity contribution in [1.29, 1.82) is 0 Å². The fourth-order valence-electron chi connectivity index (χ4n) is 5.26. The van der Waals surface area contributed by atoms with Crippen LogP contribution in [0.5, 0.6) is 11.5 Å². The summed E-state index contributed by atoms with van der Waals surface area (Å²) in [4.78, 5) is 15.2. The summed E-state index contributed by atoms with van der Waals surface area (Å²) in [5, 5.41) is 10.5. The van der Waals surface area contributed by atoms with Gasteiger partial charge in [-0.1, -0.05) is 19.1 Å². The number of aliphatic hydroxyl groups is 1. The van der Waals surface area contributed by atoms with Gasteiger partial charge < -0.3 is 19.3 Å². The number of benzene rings is 2. The third-order valence-electron chi connectivity index (χ3n) is 7.11. The molecular formula is C25H29NO5. The van der Waals surface area contributed by atoms with Crippen molar-refractivity contribution in [2.24, 2.45) is 0 Å². The van der Waals surface area contributed by atoms with Crippen LogP contribution in [-0.2, 0) is 11.2 Å². The summed E-state index contributed by atoms with van der Waals surface area (Å²) in [6.07, 6.45) is 0.661. The van der Waals surface area contributed by atoms with E-state index in [0.717, 1.165) is 52.3 Å². The Hall–Kier alpha value is -2.57. The van der Waals surface area contributed by atoms with E-state index in [0.29, 0.717) is 18.5 Å². The number of rotatable bonds is 4. The molecule has 2 aromatic carbocycles. The molecule has 0 fully saturated rings. The molecule has 6 heteroatoms. The van der Waals surface area contributed by atoms with Gasteiger partial charge in [-0.15, -0.1) is 0 Å². The molecule has 2 unspecified atom stereocenters. The van der Waals surface area contributed by atoms with Crippen molar-refractivity contribution in [2.75, 3.05) is 19.9 Å². The lowest BCUT2D eigenvalue weighted by Gasteiger charge is -2.41. The van der Waals surface area contributed by atoms with E-state index in [1.165, 1.54) is 5.56 Å². The number of aliphatic hydroxyl groups excluding tert-OH is 1. The third-order valence-corrected chi connectivity index (χ3v) is 7.11. The van der Waals surface area contributed by atoms with Crippen LogP contribution < -0.4 is 9.47 Å². The van der Waals surface area contributed by atoms with Crippen LogP contribution in [0.2, 0.25) is 0 Å². The number of fused-ring (bicyclic) bond motifs is 3. The monoisotopic (exact) mass is 423 g/mol. The Bertz CT molecular complexity index is 1060. The zero-order valence-corrected chi connectivity index (χ0v) is 18.5. The highest BCUT2D eigenvalue weighted by Gasteiger charge is 2.45. The number of β-amino-alcohol motifs (C(OH)–C–C–N with tert-alkyl or cyclic N) is 1. The summed E-state index contributed by atoms with van der Waals surface area (Å²) in [6, 6.07) is 5.97. The van der Waals surface area contributed by atoms with Gasteiger partial charge in [0.25, 0.3) is 0 Å². The molecule has 0 bridgehead atoms. The third kappa shape index (κ3) is 3.12. The molecule has 1 N–H and O–H groups in total. The van der Waals surface area contributed by atoms with Crippen molar-refractivity contribution in [3.8, 4) is 11.5 Å². The predicted octanol–water partition coefficient (Wildman–Crippen LogP) is 3.92. The van der Waals surface area contributed by atoms with E-state index in [1.807, 2.05) is 26.8 Å². The molecule has 0 saturated carbocycles. The molecule has 0 spiro atoms. The molecule has 5 rings (SSSR count). The number of ether oxygens (including phenoxy) is 3. The lowest BCUT2D eigenvalue weighted by molar-refractivity contribution is -0.00898. The predicted molar refractivity (Wildman–Crippen MR) is 116 cm³/mol. The topological polar surface area (TPSA) is 68.2 Å². The van der Waals surface area contributed by atoms with Crippen LogP contribution in [0.15, 0.2) is 18.2 Å². The molecule has 0 aromatic heterocycles. The number of hydrogen-bond acceptors (Lipinski definition) is 6. The Balaban J connectivity index is 1.67. The second kappa shape index (κ2) is 7.53. The van der Waals surface area contributed by atoms with Gasteiger partial charge in [0.05, 0.1) is 17.7 Å². The van der Waals surface area contributed by atoms with Gasteiger partial charge in [0.1, 0.15) is 6.10 Å². The molecule has 3 aliphatic rings. The van der Waals surface area contributed by atoms with Crippen LogP contribution in [-0.4, -0.2) is 42.0 Å². The number of esters is 1. The summed E-state index contributed by atoms with van der Waals surface area (Å²) >= 11 is 0. The fourth-order valence-corrected chi connectivity index (χ4v) is 5.26. The van der Waals surface area contributed by atoms with Crippen LogP contribution in [0, 0.1) is 20.8 Å². The standard InChI is InChI=1S/C25H29NO5/c1-5-17(27)11-26-9-8-16-10-19-23(30-12-29-19)15(4)20(16)22(26)24-18-7-6-13(2)14(3)21(18)25(28)31-24/h6-7,10,17,22,24,27H,5,8-9,11-12H2,1-4H3/t17?,22?,24-/m0/s1. The normalized spacial score (nSPS) is 22.8. The Morgan fingerprint density at radius 2 is 2.00 bits per heavy atom. The molecule has 31 heavy (non-hydrogen) atoms. The number of cyclic esters (lactones) is 1. The number of carbonyl (C=O) groups is 1. The lowest BCUT2D eigenvalue weighted by atomic mass is 9.82. The maximum atomic E-state index is 12.9. The van der Waals surface area contributed by atoms with Crippen LogP contribution >= 0.6 is 0 Å². The highest BCUT2D eigenvalue weighted by atomic mass is 16.7. The lowest BCUT2D eigenvalue weighted by Crippen LogP contribution is -2.43. The largest absolute Gasteiger partial charge is 0.454 e. The molecular weight excluding hydrogens is 394 g/mol. The Labute approximate surface area is 182 Å². The molecule has 3 heterocycles. The van der Waals surface area contributed by atoms with Gasteiger partial charge in [0.15, 0.2) is 11.5 Å². The maximum absolute atomic E-state index is 12.9. The maximum Gasteiger partial charge on any atom is 0.339 e. The molecule has 0 amide bonds. The van der Waals surface area contributed by atoms with Crippen molar-refractivity contribution in [3.05, 3.63) is 57.1 Å². The molecule has 3 aliphatic heterocycles. The van der Waals surface area contributed by atoms with Gasteiger partial charge >= 0.3 is 5.97 Å². The molecule has 6 nitrogen and oxygen atoms in total. The summed E-state index contributed by atoms with van der Waals surface area (Å²) in [6.45, 7) is 9.57. The van der Waals surface area contributed by atoms with Crippen LogP contribution in [0.25, 0.3) is 0 Å². The SMILES string of the molecule is CCC(O)CN1CCc2cc3c(c(C)c2C1[C@H]1OC(=O)c2c1ccc(C)c2C)OCO3. The zero-order valence-electron chi connectivity index (χ0n) is 18.5. The van der Waals surface area contributed by atoms with E-state index < -0.39 is 12.2 Å². The van der Waals surface area contributed by atoms with E-state index >= 15 is 0 Å². The van der Waals surface area contributed by atoms with Gasteiger partial charge in [-0.05, 0) is 61.9 Å². The smallest absolute Gasteiger partial charge is 0.339 e. The second-order valence-electron chi connectivity index (χ2n) is 8.86. The van der Waals surface area contributed by atoms with Crippen LogP contribution in [0.1, 0.15) is 69.2 Å². The van der Waals surface area contributed by atoms with E-state index in [2.05, 4.69) is 24.0 Å². The number of nitrogens with zero attached hydrogens (tertiary/aromatic N) is 1. The van der Waals surface area contributed by atoms with Gasteiger partial charge in [0, 0.05) is 24.2 Å². The van der Waals surface area contributed by atoms with Crippen LogP contribution in [0.4, 0.5) is 0 Å². The minimum Gasteiger partial charge on any atom is -0.454 e. The summed E-state index contributed by atoms with van der Waals surface area (Å²) in [5.74, 6) is 1.29. The van der Waals surface area contributed by atoms with Gasteiger partial charge in [-0.25, -0.2) is 4.79 Å². The van der Waals surface area contributed by atoms with Gasteiger partial charge in [-0.2, -0.15) is 0 Å². The first kappa shape index (κ1) is 20.3. The van der Waals surface area contributed by atoms with Crippen molar-refractivity contribution >= 4 is 5.97 Å². The Morgan fingerprint density at radius 3 is 2.77 bits per heavy atom. The van der Waals surface area contributed by atoms with E-state index in [1.54, 1.807) is 0 Å². The quantitative estimate of drug-likeness (QED) is 0.752. The average molecular weight is 424 g/mol. The summed E-state index contributed by atoms with van der Waals surface area (Å²) in [7, 11) is 0. The molecule has 2 aromatic rings. The first-order chi connectivity index (χ1) is 14.9. The number of hydrogen-bond donors (Lipinski definition) is 1. The van der Waals surface area contributed by atoms with Crippen molar-refractivity contribution < 1.29 is 24.1 Å². The Kier molecular flexibility index (Phi) is 4.94. The number of carbonyl (C=O) groups excluding carboxylic acids is 1. The molecule has 164 valence electrons. The molecule has 0 aliphatic carbocycles.